The molecule has 29 heavy (non-hydrogen) atoms. The number of hydrogen-bond donors (Lipinski definition) is 2. The van der Waals surface area contributed by atoms with Crippen molar-refractivity contribution in [2.75, 3.05) is 26.7 Å². The maximum atomic E-state index is 13.2. The van der Waals surface area contributed by atoms with Crippen molar-refractivity contribution < 1.29 is 19.1 Å². The molecule has 1 aliphatic rings. The lowest BCUT2D eigenvalue weighted by atomic mass is 9.86. The van der Waals surface area contributed by atoms with Gasteiger partial charge in [0, 0.05) is 25.6 Å². The number of hydrogen-bond acceptors (Lipinski definition) is 6. The van der Waals surface area contributed by atoms with Gasteiger partial charge in [-0.3, -0.25) is 14.9 Å². The first-order valence-electron chi connectivity index (χ1n) is 10.5. The minimum atomic E-state index is -1.05. The van der Waals surface area contributed by atoms with Crippen molar-refractivity contribution in [3.05, 3.63) is 12.2 Å². The lowest BCUT2D eigenvalue weighted by Gasteiger charge is -2.37. The molecule has 2 N–H and O–H groups in total. The van der Waals surface area contributed by atoms with Crippen LogP contribution in [0.1, 0.15) is 60.8 Å². The topological polar surface area (TPSA) is 87.7 Å². The van der Waals surface area contributed by atoms with Crippen molar-refractivity contribution in [3.63, 3.8) is 0 Å². The molecular weight excluding hydrogens is 370 g/mol. The Morgan fingerprint density at radius 1 is 1.21 bits per heavy atom. The quantitative estimate of drug-likeness (QED) is 0.694. The Balaban J connectivity index is 3.17. The third-order valence-corrected chi connectivity index (χ3v) is 5.31. The van der Waals surface area contributed by atoms with Gasteiger partial charge < -0.3 is 15.0 Å². The SMILES string of the molecule is CC(C)N[C@]1(C)CCC/C=C\COC(=O)N(C)C[C@@](C)(C(=O)C(C)C)NCC1=O. The predicted octanol–water partition coefficient (Wildman–Crippen LogP) is 2.69. The molecule has 0 spiro atoms. The highest BCUT2D eigenvalue weighted by atomic mass is 16.6. The van der Waals surface area contributed by atoms with Gasteiger partial charge in [0.2, 0.25) is 0 Å². The van der Waals surface area contributed by atoms with Crippen molar-refractivity contribution in [1.29, 1.82) is 0 Å². The molecule has 0 aliphatic carbocycles. The van der Waals surface area contributed by atoms with Crippen LogP contribution in [0, 0.1) is 5.92 Å². The smallest absolute Gasteiger partial charge is 0.409 e. The standard InChI is InChI=1S/C22H39N3O4/c1-16(2)19(27)22(6)15-25(7)20(28)29-13-11-9-8-10-12-21(5,24-17(3)4)18(26)14-23-22/h9,11,16-17,23-24H,8,10,12-15H2,1-7H3/b11-9-/t21-,22+/m1/s1. The molecule has 166 valence electrons. The van der Waals surface area contributed by atoms with Crippen LogP contribution < -0.4 is 10.6 Å². The van der Waals surface area contributed by atoms with Crippen LogP contribution in [0.15, 0.2) is 12.2 Å². The fourth-order valence-corrected chi connectivity index (χ4v) is 3.79. The Bertz CT molecular complexity index is 617. The summed E-state index contributed by atoms with van der Waals surface area (Å²) in [5.41, 5.74) is -1.73. The van der Waals surface area contributed by atoms with E-state index in [4.69, 9.17) is 4.74 Å². The van der Waals surface area contributed by atoms with Crippen LogP contribution >= 0.6 is 0 Å². The summed E-state index contributed by atoms with van der Waals surface area (Å²) in [6.07, 6.45) is 5.60. The van der Waals surface area contributed by atoms with Gasteiger partial charge in [-0.1, -0.05) is 26.0 Å². The van der Waals surface area contributed by atoms with E-state index < -0.39 is 17.2 Å². The fourth-order valence-electron chi connectivity index (χ4n) is 3.79. The van der Waals surface area contributed by atoms with E-state index in [1.54, 1.807) is 14.0 Å². The number of likely N-dealkylation sites (N-methyl/N-ethyl adjacent to an activating group) is 1. The molecule has 1 aliphatic heterocycles. The number of amides is 1. The van der Waals surface area contributed by atoms with Gasteiger partial charge in [0.1, 0.15) is 6.61 Å². The maximum Gasteiger partial charge on any atom is 0.409 e. The number of cyclic esters (lactones) is 1. The molecule has 0 saturated carbocycles. The molecule has 1 rings (SSSR count). The molecule has 2 atom stereocenters. The molecular formula is C22H39N3O4. The number of ether oxygens (including phenoxy) is 1. The van der Waals surface area contributed by atoms with E-state index in [1.165, 1.54) is 4.90 Å². The predicted molar refractivity (Wildman–Crippen MR) is 115 cm³/mol. The molecule has 0 aromatic rings. The van der Waals surface area contributed by atoms with Crippen LogP contribution in [0.25, 0.3) is 0 Å². The Hall–Kier alpha value is -1.73. The average molecular weight is 410 g/mol. The number of ketones is 2. The maximum absolute atomic E-state index is 13.2. The molecule has 0 aromatic carbocycles. The van der Waals surface area contributed by atoms with Crippen LogP contribution in [0.4, 0.5) is 4.79 Å². The van der Waals surface area contributed by atoms with E-state index in [0.29, 0.717) is 6.42 Å². The normalized spacial score (nSPS) is 29.3. The molecule has 1 amide bonds. The van der Waals surface area contributed by atoms with Gasteiger partial charge in [-0.05, 0) is 47.0 Å². The molecule has 7 heteroatoms. The summed E-state index contributed by atoms with van der Waals surface area (Å²) >= 11 is 0. The minimum absolute atomic E-state index is 0.0121. The number of nitrogens with one attached hydrogen (secondary N) is 2. The number of carbonyl (C=O) groups excluding carboxylic acids is 3. The van der Waals surface area contributed by atoms with Gasteiger partial charge in [0.25, 0.3) is 0 Å². The monoisotopic (exact) mass is 409 g/mol. The zero-order valence-corrected chi connectivity index (χ0v) is 19.1. The Morgan fingerprint density at radius 3 is 2.45 bits per heavy atom. The van der Waals surface area contributed by atoms with E-state index in [9.17, 15) is 14.4 Å². The van der Waals surface area contributed by atoms with Crippen molar-refractivity contribution in [2.45, 2.75) is 77.9 Å². The summed E-state index contributed by atoms with van der Waals surface area (Å²) in [4.78, 5) is 39.8. The molecule has 0 bridgehead atoms. The number of carbonyl (C=O) groups is 3. The summed E-state index contributed by atoms with van der Waals surface area (Å²) in [5.74, 6) is -0.275. The largest absolute Gasteiger partial charge is 0.445 e. The molecule has 1 heterocycles. The molecule has 7 nitrogen and oxygen atoms in total. The molecule has 0 radical (unpaired) electrons. The fraction of sp³-hybridized carbons (Fsp3) is 0.773. The number of rotatable bonds is 4. The van der Waals surface area contributed by atoms with Crippen LogP contribution in [-0.4, -0.2) is 66.4 Å². The first-order valence-corrected chi connectivity index (χ1v) is 10.5. The second-order valence-electron chi connectivity index (χ2n) is 9.06. The van der Waals surface area contributed by atoms with Gasteiger partial charge in [0.05, 0.1) is 17.6 Å². The van der Waals surface area contributed by atoms with Gasteiger partial charge in [-0.15, -0.1) is 0 Å². The first-order chi connectivity index (χ1) is 13.4. The number of Topliss-reactive ketones (excluding diaryl/α,β-unsaturated/α-hetero) is 2. The van der Waals surface area contributed by atoms with E-state index in [2.05, 4.69) is 10.6 Å². The minimum Gasteiger partial charge on any atom is -0.445 e. The molecule has 0 saturated heterocycles. The lowest BCUT2D eigenvalue weighted by Crippen LogP contribution is -2.62. The molecule has 0 unspecified atom stereocenters. The molecule has 0 fully saturated rings. The number of allylic oxidation sites excluding steroid dienone is 1. The highest BCUT2D eigenvalue weighted by molar-refractivity contribution is 5.93. The van der Waals surface area contributed by atoms with Crippen molar-refractivity contribution >= 4 is 17.7 Å². The zero-order chi connectivity index (χ0) is 22.2. The molecule has 0 aromatic heterocycles. The van der Waals surface area contributed by atoms with Gasteiger partial charge >= 0.3 is 6.09 Å². The van der Waals surface area contributed by atoms with Crippen molar-refractivity contribution in [1.82, 2.24) is 15.5 Å². The van der Waals surface area contributed by atoms with Gasteiger partial charge in [-0.2, -0.15) is 0 Å². The van der Waals surface area contributed by atoms with Gasteiger partial charge in [0.15, 0.2) is 11.6 Å². The van der Waals surface area contributed by atoms with Crippen LogP contribution in [0.2, 0.25) is 0 Å². The van der Waals surface area contributed by atoms with Crippen LogP contribution in [-0.2, 0) is 14.3 Å². The Kier molecular flexibility index (Phi) is 9.49. The average Bonchev–Trinajstić information content (AvgIpc) is 2.63. The summed E-state index contributed by atoms with van der Waals surface area (Å²) in [5, 5.41) is 6.58. The zero-order valence-electron chi connectivity index (χ0n) is 19.1. The third kappa shape index (κ3) is 7.55. The lowest BCUT2D eigenvalue weighted by molar-refractivity contribution is -0.129. The first kappa shape index (κ1) is 25.3. The summed E-state index contributed by atoms with van der Waals surface area (Å²) in [6, 6.07) is 0.155. The highest BCUT2D eigenvalue weighted by Gasteiger charge is 2.39. The van der Waals surface area contributed by atoms with Gasteiger partial charge in [-0.25, -0.2) is 4.79 Å². The summed E-state index contributed by atoms with van der Waals surface area (Å²) in [6.45, 7) is 11.7. The van der Waals surface area contributed by atoms with E-state index in [0.717, 1.165) is 12.8 Å². The van der Waals surface area contributed by atoms with Crippen LogP contribution in [0.3, 0.4) is 0 Å². The van der Waals surface area contributed by atoms with E-state index in [-0.39, 0.29) is 43.2 Å². The summed E-state index contributed by atoms with van der Waals surface area (Å²) in [7, 11) is 1.60. The Morgan fingerprint density at radius 2 is 1.86 bits per heavy atom. The highest BCUT2D eigenvalue weighted by Crippen LogP contribution is 2.19. The summed E-state index contributed by atoms with van der Waals surface area (Å²) < 4.78 is 5.26. The Labute approximate surface area is 175 Å². The van der Waals surface area contributed by atoms with E-state index in [1.807, 2.05) is 46.8 Å². The number of nitrogens with zero attached hydrogens (tertiary/aromatic N) is 1. The second-order valence-corrected chi connectivity index (χ2v) is 9.06. The second kappa shape index (κ2) is 10.9. The van der Waals surface area contributed by atoms with Crippen molar-refractivity contribution in [3.8, 4) is 0 Å². The van der Waals surface area contributed by atoms with Crippen molar-refractivity contribution in [2.24, 2.45) is 5.92 Å². The third-order valence-electron chi connectivity index (χ3n) is 5.31. The van der Waals surface area contributed by atoms with E-state index >= 15 is 0 Å². The van der Waals surface area contributed by atoms with Crippen LogP contribution in [0.5, 0.6) is 0 Å².